The molecule has 2 aliphatic rings. The van der Waals surface area contributed by atoms with Gasteiger partial charge in [-0.25, -0.2) is 4.68 Å². The Balaban J connectivity index is 1.37. The van der Waals surface area contributed by atoms with Crippen molar-refractivity contribution in [3.05, 3.63) is 52.9 Å². The first-order chi connectivity index (χ1) is 13.6. The highest BCUT2D eigenvalue weighted by Crippen LogP contribution is 2.24. The topological polar surface area (TPSA) is 61.7 Å². The van der Waals surface area contributed by atoms with Crippen molar-refractivity contribution < 1.29 is 4.79 Å². The fraction of sp³-hybridized carbons (Fsp3) is 0.476. The summed E-state index contributed by atoms with van der Waals surface area (Å²) < 4.78 is 1.32. The molecule has 28 heavy (non-hydrogen) atoms. The van der Waals surface area contributed by atoms with Crippen molar-refractivity contribution in [2.75, 3.05) is 49.1 Å². The number of para-hydroxylation sites is 1. The van der Waals surface area contributed by atoms with Crippen LogP contribution in [0.4, 0.5) is 11.4 Å². The lowest BCUT2D eigenvalue weighted by atomic mass is 9.96. The second-order valence-electron chi connectivity index (χ2n) is 7.61. The average molecular weight is 381 g/mol. The highest BCUT2D eigenvalue weighted by molar-refractivity contribution is 5.80. The van der Waals surface area contributed by atoms with E-state index in [2.05, 4.69) is 39.2 Å². The number of piperidine rings is 1. The van der Waals surface area contributed by atoms with Crippen LogP contribution in [0.1, 0.15) is 12.8 Å². The van der Waals surface area contributed by atoms with Gasteiger partial charge >= 0.3 is 0 Å². The van der Waals surface area contributed by atoms with E-state index in [-0.39, 0.29) is 17.4 Å². The van der Waals surface area contributed by atoms with Gasteiger partial charge in [-0.15, -0.1) is 0 Å². The molecule has 0 aliphatic carbocycles. The molecule has 4 rings (SSSR count). The number of carbonyl (C=O) groups is 1. The molecule has 1 unspecified atom stereocenters. The number of amides is 1. The minimum absolute atomic E-state index is 0.0129. The lowest BCUT2D eigenvalue weighted by Gasteiger charge is -2.40. The molecule has 0 radical (unpaired) electrons. The highest BCUT2D eigenvalue weighted by Gasteiger charge is 2.31. The summed E-state index contributed by atoms with van der Waals surface area (Å²) in [5, 5.41) is 4.11. The van der Waals surface area contributed by atoms with E-state index in [4.69, 9.17) is 0 Å². The Labute approximate surface area is 165 Å². The van der Waals surface area contributed by atoms with Crippen LogP contribution >= 0.6 is 0 Å². The summed E-state index contributed by atoms with van der Waals surface area (Å²) in [5.74, 6) is 0.232. The molecule has 7 nitrogen and oxygen atoms in total. The number of benzene rings is 1. The van der Waals surface area contributed by atoms with Crippen LogP contribution in [0.3, 0.4) is 0 Å². The fourth-order valence-electron chi connectivity index (χ4n) is 4.13. The summed E-state index contributed by atoms with van der Waals surface area (Å²) in [6, 6.07) is 12.0. The van der Waals surface area contributed by atoms with Crippen LogP contribution < -0.4 is 15.4 Å². The van der Waals surface area contributed by atoms with Crippen molar-refractivity contribution in [2.24, 2.45) is 13.0 Å². The lowest BCUT2D eigenvalue weighted by Crippen LogP contribution is -2.52. The standard InChI is InChI=1S/C21H27N5O2/c1-23-20(27)14-19(15-22-23)26-9-5-6-17(16-26)21(28)25-12-10-24(11-13-25)18-7-3-2-4-8-18/h2-4,7-8,14-15,17H,5-6,9-13,16H2,1H3. The van der Waals surface area contributed by atoms with Crippen molar-refractivity contribution >= 4 is 17.3 Å². The number of hydrogen-bond donors (Lipinski definition) is 0. The summed E-state index contributed by atoms with van der Waals surface area (Å²) in [4.78, 5) is 31.5. The monoisotopic (exact) mass is 381 g/mol. The smallest absolute Gasteiger partial charge is 0.268 e. The highest BCUT2D eigenvalue weighted by atomic mass is 16.2. The van der Waals surface area contributed by atoms with Crippen LogP contribution in [0.25, 0.3) is 0 Å². The summed E-state index contributed by atoms with van der Waals surface area (Å²) in [7, 11) is 1.64. The van der Waals surface area contributed by atoms with Crippen LogP contribution in [-0.2, 0) is 11.8 Å². The van der Waals surface area contributed by atoms with Crippen molar-refractivity contribution in [1.29, 1.82) is 0 Å². The van der Waals surface area contributed by atoms with Gasteiger partial charge in [0.15, 0.2) is 0 Å². The summed E-state index contributed by atoms with van der Waals surface area (Å²) >= 11 is 0. The Morgan fingerprint density at radius 1 is 1.00 bits per heavy atom. The molecule has 0 spiro atoms. The van der Waals surface area contributed by atoms with Gasteiger partial charge in [0.25, 0.3) is 5.56 Å². The maximum atomic E-state index is 13.1. The maximum Gasteiger partial charge on any atom is 0.268 e. The van der Waals surface area contributed by atoms with Crippen molar-refractivity contribution in [3.8, 4) is 0 Å². The molecule has 2 aliphatic heterocycles. The maximum absolute atomic E-state index is 13.1. The molecule has 148 valence electrons. The Bertz CT molecular complexity index is 874. The van der Waals surface area contributed by atoms with E-state index in [1.165, 1.54) is 10.4 Å². The SMILES string of the molecule is Cn1ncc(N2CCCC(C(=O)N3CCN(c4ccccc4)CC3)C2)cc1=O. The Hall–Kier alpha value is -2.83. The van der Waals surface area contributed by atoms with E-state index in [1.807, 2.05) is 11.0 Å². The minimum atomic E-state index is -0.122. The number of nitrogens with zero attached hydrogens (tertiary/aromatic N) is 5. The Kier molecular flexibility index (Phi) is 5.32. The number of hydrogen-bond acceptors (Lipinski definition) is 5. The van der Waals surface area contributed by atoms with Crippen LogP contribution in [0.2, 0.25) is 0 Å². The van der Waals surface area contributed by atoms with Gasteiger partial charge in [0.1, 0.15) is 0 Å². The molecular formula is C21H27N5O2. The molecule has 2 fully saturated rings. The summed E-state index contributed by atoms with van der Waals surface area (Å²) in [5.41, 5.74) is 1.91. The zero-order valence-electron chi connectivity index (χ0n) is 16.3. The van der Waals surface area contributed by atoms with E-state index >= 15 is 0 Å². The summed E-state index contributed by atoms with van der Waals surface area (Å²) in [6.07, 6.45) is 3.58. The van der Waals surface area contributed by atoms with E-state index < -0.39 is 0 Å². The second-order valence-corrected chi connectivity index (χ2v) is 7.61. The zero-order chi connectivity index (χ0) is 19.5. The van der Waals surface area contributed by atoms with Crippen molar-refractivity contribution in [3.63, 3.8) is 0 Å². The predicted molar refractivity (Wildman–Crippen MR) is 110 cm³/mol. The minimum Gasteiger partial charge on any atom is -0.369 e. The number of aromatic nitrogens is 2. The molecule has 3 heterocycles. The van der Waals surface area contributed by atoms with Gasteiger partial charge in [0.2, 0.25) is 5.91 Å². The van der Waals surface area contributed by atoms with Gasteiger partial charge in [-0.3, -0.25) is 9.59 Å². The van der Waals surface area contributed by atoms with Crippen LogP contribution in [0, 0.1) is 5.92 Å². The van der Waals surface area contributed by atoms with E-state index in [0.29, 0.717) is 6.54 Å². The number of carbonyl (C=O) groups excluding carboxylic acids is 1. The Morgan fingerprint density at radius 3 is 2.46 bits per heavy atom. The number of anilines is 2. The molecule has 0 saturated carbocycles. The zero-order valence-corrected chi connectivity index (χ0v) is 16.3. The predicted octanol–water partition coefficient (Wildman–Crippen LogP) is 1.35. The molecular weight excluding hydrogens is 354 g/mol. The molecule has 1 aromatic heterocycles. The molecule has 0 N–H and O–H groups in total. The van der Waals surface area contributed by atoms with Gasteiger partial charge < -0.3 is 14.7 Å². The molecule has 2 aromatic rings. The van der Waals surface area contributed by atoms with Crippen LogP contribution in [0.15, 0.2) is 47.4 Å². The first kappa shape index (κ1) is 18.5. The van der Waals surface area contributed by atoms with Gasteiger partial charge in [0, 0.05) is 58.1 Å². The van der Waals surface area contributed by atoms with Gasteiger partial charge in [-0.2, -0.15) is 5.10 Å². The molecule has 1 aromatic carbocycles. The largest absolute Gasteiger partial charge is 0.369 e. The van der Waals surface area contributed by atoms with Crippen molar-refractivity contribution in [2.45, 2.75) is 12.8 Å². The lowest BCUT2D eigenvalue weighted by molar-refractivity contribution is -0.136. The average Bonchev–Trinajstić information content (AvgIpc) is 2.76. The molecule has 0 bridgehead atoms. The number of piperazine rings is 1. The van der Waals surface area contributed by atoms with Crippen LogP contribution in [-0.4, -0.2) is 59.9 Å². The quantitative estimate of drug-likeness (QED) is 0.803. The first-order valence-corrected chi connectivity index (χ1v) is 9.99. The molecule has 1 atom stereocenters. The third kappa shape index (κ3) is 3.88. The van der Waals surface area contributed by atoms with Gasteiger partial charge in [0.05, 0.1) is 17.8 Å². The van der Waals surface area contributed by atoms with Gasteiger partial charge in [-0.05, 0) is 25.0 Å². The second kappa shape index (κ2) is 8.04. The third-order valence-corrected chi connectivity index (χ3v) is 5.80. The Morgan fingerprint density at radius 2 is 1.75 bits per heavy atom. The fourth-order valence-corrected chi connectivity index (χ4v) is 4.13. The summed E-state index contributed by atoms with van der Waals surface area (Å²) in [6.45, 7) is 4.78. The molecule has 1 amide bonds. The van der Waals surface area contributed by atoms with Gasteiger partial charge in [-0.1, -0.05) is 18.2 Å². The third-order valence-electron chi connectivity index (χ3n) is 5.80. The van der Waals surface area contributed by atoms with E-state index in [1.54, 1.807) is 19.3 Å². The molecule has 2 saturated heterocycles. The van der Waals surface area contributed by atoms with E-state index in [9.17, 15) is 9.59 Å². The number of aryl methyl sites for hydroxylation is 1. The normalized spacial score (nSPS) is 20.3. The number of rotatable bonds is 3. The van der Waals surface area contributed by atoms with Crippen molar-refractivity contribution in [1.82, 2.24) is 14.7 Å². The van der Waals surface area contributed by atoms with E-state index in [0.717, 1.165) is 51.3 Å². The van der Waals surface area contributed by atoms with Crippen LogP contribution in [0.5, 0.6) is 0 Å². The molecule has 7 heteroatoms. The first-order valence-electron chi connectivity index (χ1n) is 9.99.